The molecule has 108 valence electrons. The maximum Gasteiger partial charge on any atom is 0.433 e. The first-order valence-electron chi connectivity index (χ1n) is 5.62. The predicted molar refractivity (Wildman–Crippen MR) is 62.3 cm³/mol. The summed E-state index contributed by atoms with van der Waals surface area (Å²) in [5.41, 5.74) is -1.10. The molecular formula is C10H11F3N6O. The third kappa shape index (κ3) is 3.33. The topological polar surface area (TPSA) is 77.8 Å². The molecule has 0 atom stereocenters. The lowest BCUT2D eigenvalue weighted by Crippen LogP contribution is -2.12. The zero-order valence-corrected chi connectivity index (χ0v) is 10.6. The van der Waals surface area contributed by atoms with Gasteiger partial charge in [-0.15, -0.1) is 5.10 Å². The van der Waals surface area contributed by atoms with Crippen molar-refractivity contribution in [3.63, 3.8) is 0 Å². The van der Waals surface area contributed by atoms with Crippen molar-refractivity contribution < 1.29 is 17.9 Å². The summed E-state index contributed by atoms with van der Waals surface area (Å²) in [5.74, 6) is -0.456. The lowest BCUT2D eigenvalue weighted by atomic mass is 10.4. The van der Waals surface area contributed by atoms with Crippen LogP contribution < -0.4 is 10.1 Å². The molecule has 0 fully saturated rings. The van der Waals surface area contributed by atoms with Crippen LogP contribution in [0.1, 0.15) is 12.6 Å². The first kappa shape index (κ1) is 14.0. The maximum atomic E-state index is 12.7. The molecule has 0 amide bonds. The molecule has 0 spiro atoms. The van der Waals surface area contributed by atoms with E-state index >= 15 is 0 Å². The van der Waals surface area contributed by atoms with Gasteiger partial charge < -0.3 is 10.1 Å². The second kappa shape index (κ2) is 5.31. The molecule has 0 aliphatic carbocycles. The van der Waals surface area contributed by atoms with E-state index in [2.05, 4.69) is 25.4 Å². The van der Waals surface area contributed by atoms with Crippen LogP contribution in [0.4, 0.5) is 19.1 Å². The fraction of sp³-hybridized carbons (Fsp3) is 0.400. The van der Waals surface area contributed by atoms with E-state index in [1.54, 1.807) is 14.0 Å². The molecule has 0 aliphatic rings. The second-order valence-electron chi connectivity index (χ2n) is 3.75. The lowest BCUT2D eigenvalue weighted by molar-refractivity contribution is -0.141. The van der Waals surface area contributed by atoms with Crippen molar-refractivity contribution >= 4 is 5.95 Å². The maximum absolute atomic E-state index is 12.7. The molecule has 0 aliphatic heterocycles. The van der Waals surface area contributed by atoms with Crippen molar-refractivity contribution in [2.45, 2.75) is 13.1 Å². The zero-order valence-electron chi connectivity index (χ0n) is 10.6. The minimum absolute atomic E-state index is 0.0956. The Hall–Kier alpha value is -2.39. The Kier molecular flexibility index (Phi) is 3.72. The van der Waals surface area contributed by atoms with Crippen LogP contribution in [0.5, 0.6) is 11.9 Å². The summed E-state index contributed by atoms with van der Waals surface area (Å²) in [4.78, 5) is 10.9. The van der Waals surface area contributed by atoms with Crippen LogP contribution >= 0.6 is 0 Å². The highest BCUT2D eigenvalue weighted by Crippen LogP contribution is 2.31. The van der Waals surface area contributed by atoms with Crippen LogP contribution in [0, 0.1) is 0 Å². The van der Waals surface area contributed by atoms with Crippen LogP contribution in [0.15, 0.2) is 12.4 Å². The minimum Gasteiger partial charge on any atom is -0.404 e. The van der Waals surface area contributed by atoms with Gasteiger partial charge in [0, 0.05) is 19.7 Å². The standard InChI is InChI=1S/C10H11F3N6O/c1-3-14-8-16-6(10(11,12)13)4-7(17-8)20-9-15-5-19(2)18-9/h4-5H,3H2,1-2H3,(H,14,16,17). The Balaban J connectivity index is 2.33. The summed E-state index contributed by atoms with van der Waals surface area (Å²) < 4.78 is 44.6. The van der Waals surface area contributed by atoms with Crippen molar-refractivity contribution in [1.82, 2.24) is 24.7 Å². The molecule has 10 heteroatoms. The van der Waals surface area contributed by atoms with Gasteiger partial charge in [-0.05, 0) is 6.92 Å². The molecule has 1 N–H and O–H groups in total. The number of halogens is 3. The molecule has 0 unspecified atom stereocenters. The van der Waals surface area contributed by atoms with Crippen molar-refractivity contribution in [3.05, 3.63) is 18.1 Å². The first-order valence-corrected chi connectivity index (χ1v) is 5.62. The molecule has 20 heavy (non-hydrogen) atoms. The van der Waals surface area contributed by atoms with Crippen LogP contribution in [0.3, 0.4) is 0 Å². The van der Waals surface area contributed by atoms with Gasteiger partial charge in [-0.1, -0.05) is 0 Å². The monoisotopic (exact) mass is 288 g/mol. The SMILES string of the molecule is CCNc1nc(Oc2ncn(C)n2)cc(C(F)(F)F)n1. The van der Waals surface area contributed by atoms with Gasteiger partial charge in [0.15, 0.2) is 5.69 Å². The van der Waals surface area contributed by atoms with Gasteiger partial charge in [0.05, 0.1) is 0 Å². The smallest absolute Gasteiger partial charge is 0.404 e. The van der Waals surface area contributed by atoms with E-state index in [9.17, 15) is 13.2 Å². The molecule has 2 aromatic heterocycles. The van der Waals surface area contributed by atoms with Crippen LogP contribution in [-0.4, -0.2) is 31.3 Å². The molecule has 0 bridgehead atoms. The number of hydrogen-bond donors (Lipinski definition) is 1. The summed E-state index contributed by atoms with van der Waals surface area (Å²) in [7, 11) is 1.60. The van der Waals surface area contributed by atoms with E-state index in [1.807, 2.05) is 0 Å². The molecule has 2 rings (SSSR count). The first-order chi connectivity index (χ1) is 9.38. The predicted octanol–water partition coefficient (Wildman–Crippen LogP) is 1.85. The number of ether oxygens (including phenoxy) is 1. The van der Waals surface area contributed by atoms with Crippen LogP contribution in [0.25, 0.3) is 0 Å². The highest BCUT2D eigenvalue weighted by atomic mass is 19.4. The van der Waals surface area contributed by atoms with Crippen LogP contribution in [0.2, 0.25) is 0 Å². The molecule has 0 aromatic carbocycles. The van der Waals surface area contributed by atoms with Gasteiger partial charge in [0.25, 0.3) is 0 Å². The molecule has 0 saturated carbocycles. The van der Waals surface area contributed by atoms with E-state index in [4.69, 9.17) is 4.74 Å². The number of anilines is 1. The minimum atomic E-state index is -4.59. The van der Waals surface area contributed by atoms with Gasteiger partial charge in [0.1, 0.15) is 6.33 Å². The average molecular weight is 288 g/mol. The second-order valence-corrected chi connectivity index (χ2v) is 3.75. The third-order valence-corrected chi connectivity index (χ3v) is 2.10. The molecular weight excluding hydrogens is 277 g/mol. The Morgan fingerprint density at radius 1 is 1.35 bits per heavy atom. The third-order valence-electron chi connectivity index (χ3n) is 2.10. The van der Waals surface area contributed by atoms with E-state index in [-0.39, 0.29) is 17.8 Å². The Bertz CT molecular complexity index is 597. The normalized spacial score (nSPS) is 11.4. The van der Waals surface area contributed by atoms with E-state index in [1.165, 1.54) is 11.0 Å². The number of hydrogen-bond acceptors (Lipinski definition) is 6. The summed E-state index contributed by atoms with van der Waals surface area (Å²) in [5, 5.41) is 6.40. The number of nitrogens with zero attached hydrogens (tertiary/aromatic N) is 5. The van der Waals surface area contributed by atoms with Crippen LogP contribution in [-0.2, 0) is 13.2 Å². The zero-order chi connectivity index (χ0) is 14.8. The van der Waals surface area contributed by atoms with Crippen molar-refractivity contribution in [2.75, 3.05) is 11.9 Å². The molecule has 7 nitrogen and oxygen atoms in total. The van der Waals surface area contributed by atoms with Gasteiger partial charge in [-0.2, -0.15) is 23.1 Å². The molecule has 2 aromatic rings. The van der Waals surface area contributed by atoms with Gasteiger partial charge in [0.2, 0.25) is 11.8 Å². The quantitative estimate of drug-likeness (QED) is 0.925. The van der Waals surface area contributed by atoms with Gasteiger partial charge in [-0.25, -0.2) is 4.98 Å². The van der Waals surface area contributed by atoms with Gasteiger partial charge >= 0.3 is 12.2 Å². The van der Waals surface area contributed by atoms with E-state index < -0.39 is 11.9 Å². The van der Waals surface area contributed by atoms with Crippen molar-refractivity contribution in [2.24, 2.45) is 7.05 Å². The van der Waals surface area contributed by atoms with Gasteiger partial charge in [-0.3, -0.25) is 4.68 Å². The molecule has 0 radical (unpaired) electrons. The number of alkyl halides is 3. The van der Waals surface area contributed by atoms with Crippen molar-refractivity contribution in [1.29, 1.82) is 0 Å². The Labute approximate surface area is 111 Å². The largest absolute Gasteiger partial charge is 0.433 e. The summed E-state index contributed by atoms with van der Waals surface area (Å²) in [6.45, 7) is 2.09. The Morgan fingerprint density at radius 3 is 2.65 bits per heavy atom. The summed E-state index contributed by atoms with van der Waals surface area (Å²) >= 11 is 0. The highest BCUT2D eigenvalue weighted by molar-refractivity contribution is 5.32. The summed E-state index contributed by atoms with van der Waals surface area (Å²) in [6, 6.07) is 0.596. The fourth-order valence-electron chi connectivity index (χ4n) is 1.32. The van der Waals surface area contributed by atoms with E-state index in [0.29, 0.717) is 12.6 Å². The molecule has 2 heterocycles. The number of aromatic nitrogens is 5. The number of nitrogens with one attached hydrogen (secondary N) is 1. The average Bonchev–Trinajstić information content (AvgIpc) is 2.74. The Morgan fingerprint density at radius 2 is 2.10 bits per heavy atom. The summed E-state index contributed by atoms with van der Waals surface area (Å²) in [6.07, 6.45) is -3.24. The number of rotatable bonds is 4. The van der Waals surface area contributed by atoms with E-state index in [0.717, 1.165) is 0 Å². The van der Waals surface area contributed by atoms with Crippen molar-refractivity contribution in [3.8, 4) is 11.9 Å². The highest BCUT2D eigenvalue weighted by Gasteiger charge is 2.34. The molecule has 0 saturated heterocycles. The lowest BCUT2D eigenvalue weighted by Gasteiger charge is -2.10. The fourth-order valence-corrected chi connectivity index (χ4v) is 1.32. The number of aryl methyl sites for hydroxylation is 1.